The summed E-state index contributed by atoms with van der Waals surface area (Å²) >= 11 is 1.71. The van der Waals surface area contributed by atoms with Gasteiger partial charge in [-0.15, -0.1) is 11.8 Å². The third-order valence-corrected chi connectivity index (χ3v) is 4.43. The van der Waals surface area contributed by atoms with Crippen molar-refractivity contribution in [1.82, 2.24) is 15.8 Å². The number of urea groups is 1. The van der Waals surface area contributed by atoms with Crippen LogP contribution in [0.15, 0.2) is 33.7 Å². The number of carbonyl (C=O) groups is 1. The summed E-state index contributed by atoms with van der Waals surface area (Å²) in [6, 6.07) is 8.04. The topological polar surface area (TPSA) is 67.2 Å². The van der Waals surface area contributed by atoms with Gasteiger partial charge in [0, 0.05) is 23.5 Å². The van der Waals surface area contributed by atoms with E-state index in [0.29, 0.717) is 13.1 Å². The summed E-state index contributed by atoms with van der Waals surface area (Å²) < 4.78 is 5.13. The number of hydrogen-bond acceptors (Lipinski definition) is 4. The fourth-order valence-electron chi connectivity index (χ4n) is 2.31. The molecular weight excluding hydrogens is 310 g/mol. The van der Waals surface area contributed by atoms with E-state index in [1.54, 1.807) is 11.8 Å². The lowest BCUT2D eigenvalue weighted by atomic mass is 10.1. The molecule has 0 bridgehead atoms. The number of nitrogens with one attached hydrogen (secondary N) is 2. The van der Waals surface area contributed by atoms with E-state index < -0.39 is 0 Å². The zero-order valence-electron chi connectivity index (χ0n) is 13.8. The van der Waals surface area contributed by atoms with E-state index in [-0.39, 0.29) is 6.03 Å². The average Bonchev–Trinajstić information content (AvgIpc) is 2.89. The Morgan fingerprint density at radius 2 is 1.96 bits per heavy atom. The second-order valence-corrected chi connectivity index (χ2v) is 6.24. The number of aryl methyl sites for hydroxylation is 2. The van der Waals surface area contributed by atoms with E-state index in [1.165, 1.54) is 4.90 Å². The maximum atomic E-state index is 11.8. The molecule has 0 aliphatic rings. The molecule has 6 heteroatoms. The third kappa shape index (κ3) is 5.32. The lowest BCUT2D eigenvalue weighted by Crippen LogP contribution is -2.35. The average molecular weight is 333 g/mol. The van der Waals surface area contributed by atoms with Gasteiger partial charge < -0.3 is 15.2 Å². The van der Waals surface area contributed by atoms with E-state index in [4.69, 9.17) is 4.52 Å². The molecule has 1 aromatic carbocycles. The lowest BCUT2D eigenvalue weighted by molar-refractivity contribution is 0.240. The van der Waals surface area contributed by atoms with Crippen molar-refractivity contribution in [2.75, 3.05) is 12.8 Å². The number of nitrogens with zero attached hydrogens (tertiary/aromatic N) is 1. The fraction of sp³-hybridized carbons (Fsp3) is 0.412. The Bertz CT molecular complexity index is 618. The van der Waals surface area contributed by atoms with Gasteiger partial charge in [0.1, 0.15) is 5.76 Å². The minimum atomic E-state index is -0.141. The molecule has 2 N–H and O–H groups in total. The number of aromatic nitrogens is 1. The van der Waals surface area contributed by atoms with Crippen LogP contribution in [0.1, 0.15) is 29.0 Å². The summed E-state index contributed by atoms with van der Waals surface area (Å²) in [5.41, 5.74) is 3.16. The summed E-state index contributed by atoms with van der Waals surface area (Å²) in [4.78, 5) is 13.0. The van der Waals surface area contributed by atoms with Crippen LogP contribution < -0.4 is 10.6 Å². The molecule has 124 valence electrons. The molecular formula is C17H23N3O2S. The van der Waals surface area contributed by atoms with Gasteiger partial charge >= 0.3 is 6.03 Å². The quantitative estimate of drug-likeness (QED) is 0.601. The van der Waals surface area contributed by atoms with Gasteiger partial charge in [-0.25, -0.2) is 4.79 Å². The van der Waals surface area contributed by atoms with Gasteiger partial charge in [0.2, 0.25) is 0 Å². The maximum Gasteiger partial charge on any atom is 0.315 e. The van der Waals surface area contributed by atoms with Crippen LogP contribution >= 0.6 is 11.8 Å². The molecule has 0 saturated carbocycles. The van der Waals surface area contributed by atoms with Crippen molar-refractivity contribution in [2.45, 2.75) is 38.1 Å². The Morgan fingerprint density at radius 3 is 2.57 bits per heavy atom. The Labute approximate surface area is 141 Å². The van der Waals surface area contributed by atoms with Crippen molar-refractivity contribution in [3.63, 3.8) is 0 Å². The van der Waals surface area contributed by atoms with Crippen molar-refractivity contribution in [2.24, 2.45) is 0 Å². The van der Waals surface area contributed by atoms with Crippen molar-refractivity contribution >= 4 is 17.8 Å². The second kappa shape index (κ2) is 8.62. The molecule has 5 nitrogen and oxygen atoms in total. The van der Waals surface area contributed by atoms with Gasteiger partial charge in [0.25, 0.3) is 0 Å². The molecule has 0 saturated heterocycles. The highest BCUT2D eigenvalue weighted by atomic mass is 32.2. The van der Waals surface area contributed by atoms with Gasteiger partial charge in [0.15, 0.2) is 0 Å². The minimum Gasteiger partial charge on any atom is -0.361 e. The third-order valence-electron chi connectivity index (χ3n) is 3.68. The summed E-state index contributed by atoms with van der Waals surface area (Å²) in [5, 5.41) is 9.67. The van der Waals surface area contributed by atoms with Crippen LogP contribution in [0.5, 0.6) is 0 Å². The predicted molar refractivity (Wildman–Crippen MR) is 92.8 cm³/mol. The smallest absolute Gasteiger partial charge is 0.315 e. The monoisotopic (exact) mass is 333 g/mol. The summed E-state index contributed by atoms with van der Waals surface area (Å²) in [6.45, 7) is 5.01. The molecule has 2 amide bonds. The summed E-state index contributed by atoms with van der Waals surface area (Å²) in [5.74, 6) is 0.862. The predicted octanol–water partition coefficient (Wildman–Crippen LogP) is 3.45. The lowest BCUT2D eigenvalue weighted by Gasteiger charge is -2.08. The van der Waals surface area contributed by atoms with Crippen LogP contribution in [0.25, 0.3) is 0 Å². The molecule has 2 aromatic rings. The molecule has 1 aromatic heterocycles. The normalized spacial score (nSPS) is 10.6. The van der Waals surface area contributed by atoms with Crippen LogP contribution in [0, 0.1) is 13.8 Å². The molecule has 0 spiro atoms. The molecule has 0 radical (unpaired) electrons. The molecule has 23 heavy (non-hydrogen) atoms. The first-order valence-corrected chi connectivity index (χ1v) is 8.89. The van der Waals surface area contributed by atoms with Crippen molar-refractivity contribution in [3.05, 3.63) is 46.8 Å². The Hall–Kier alpha value is -1.95. The first-order valence-electron chi connectivity index (χ1n) is 7.66. The van der Waals surface area contributed by atoms with E-state index in [1.807, 2.05) is 32.2 Å². The zero-order chi connectivity index (χ0) is 16.7. The SMILES string of the molecule is CSc1ccc(CNC(=O)NCCCc2c(C)noc2C)cc1. The highest BCUT2D eigenvalue weighted by Gasteiger charge is 2.08. The first-order chi connectivity index (χ1) is 11.1. The first kappa shape index (κ1) is 17.4. The largest absolute Gasteiger partial charge is 0.361 e. The van der Waals surface area contributed by atoms with Gasteiger partial charge in [-0.05, 0) is 50.6 Å². The number of benzene rings is 1. The molecule has 0 aliphatic carbocycles. The number of rotatable bonds is 7. The number of thioether (sulfide) groups is 1. The van der Waals surface area contributed by atoms with E-state index >= 15 is 0 Å². The molecule has 0 fully saturated rings. The highest BCUT2D eigenvalue weighted by Crippen LogP contribution is 2.15. The van der Waals surface area contributed by atoms with Crippen LogP contribution in [-0.2, 0) is 13.0 Å². The van der Waals surface area contributed by atoms with E-state index in [9.17, 15) is 4.79 Å². The molecule has 2 rings (SSSR count). The summed E-state index contributed by atoms with van der Waals surface area (Å²) in [7, 11) is 0. The van der Waals surface area contributed by atoms with E-state index in [0.717, 1.165) is 35.4 Å². The van der Waals surface area contributed by atoms with Crippen molar-refractivity contribution in [3.8, 4) is 0 Å². The number of carbonyl (C=O) groups excluding carboxylic acids is 1. The van der Waals surface area contributed by atoms with Crippen molar-refractivity contribution in [1.29, 1.82) is 0 Å². The van der Waals surface area contributed by atoms with Crippen LogP contribution in [0.4, 0.5) is 4.79 Å². The van der Waals surface area contributed by atoms with E-state index in [2.05, 4.69) is 27.9 Å². The van der Waals surface area contributed by atoms with Crippen LogP contribution in [0.3, 0.4) is 0 Å². The van der Waals surface area contributed by atoms with Gasteiger partial charge in [-0.1, -0.05) is 17.3 Å². The Kier molecular flexibility index (Phi) is 6.52. The van der Waals surface area contributed by atoms with Gasteiger partial charge in [-0.3, -0.25) is 0 Å². The maximum absolute atomic E-state index is 11.8. The second-order valence-electron chi connectivity index (χ2n) is 5.36. The number of hydrogen-bond donors (Lipinski definition) is 2. The standard InChI is InChI=1S/C17H23N3O2S/c1-12-16(13(2)22-20-12)5-4-10-18-17(21)19-11-14-6-8-15(23-3)9-7-14/h6-9H,4-5,10-11H2,1-3H3,(H2,18,19,21). The fourth-order valence-corrected chi connectivity index (χ4v) is 2.72. The number of amides is 2. The van der Waals surface area contributed by atoms with Crippen molar-refractivity contribution < 1.29 is 9.32 Å². The van der Waals surface area contributed by atoms with Gasteiger partial charge in [0.05, 0.1) is 5.69 Å². The van der Waals surface area contributed by atoms with Crippen LogP contribution in [0.2, 0.25) is 0 Å². The molecule has 1 heterocycles. The zero-order valence-corrected chi connectivity index (χ0v) is 14.6. The molecule has 0 unspecified atom stereocenters. The molecule has 0 atom stereocenters. The van der Waals surface area contributed by atoms with Gasteiger partial charge in [-0.2, -0.15) is 0 Å². The Morgan fingerprint density at radius 1 is 1.22 bits per heavy atom. The minimum absolute atomic E-state index is 0.141. The molecule has 0 aliphatic heterocycles. The summed E-state index contributed by atoms with van der Waals surface area (Å²) in [6.07, 6.45) is 3.76. The Balaban J connectivity index is 1.65. The van der Waals surface area contributed by atoms with Crippen LogP contribution in [-0.4, -0.2) is 24.0 Å². The highest BCUT2D eigenvalue weighted by molar-refractivity contribution is 7.98.